The maximum Gasteiger partial charge on any atom is 0.236 e. The topological polar surface area (TPSA) is 42.0 Å². The molecule has 0 N–H and O–H groups in total. The molecule has 1 aliphatic carbocycles. The highest BCUT2D eigenvalue weighted by Crippen LogP contribution is 2.53. The van der Waals surface area contributed by atoms with Crippen molar-refractivity contribution < 1.29 is 14.3 Å². The highest BCUT2D eigenvalue weighted by atomic mass is 16.5. The van der Waals surface area contributed by atoms with Crippen LogP contribution in [0, 0.1) is 10.8 Å². The molecule has 0 bridgehead atoms. The van der Waals surface area contributed by atoms with Crippen LogP contribution >= 0.6 is 0 Å². The Hall–Kier alpha value is -1.49. The molecule has 2 aliphatic heterocycles. The van der Waals surface area contributed by atoms with Gasteiger partial charge in [-0.15, -0.1) is 0 Å². The molecule has 5 heteroatoms. The zero-order chi connectivity index (χ0) is 20.9. The fraction of sp³-hybridized carbons (Fsp3) is 0.792. The predicted octanol–water partition coefficient (Wildman–Crippen LogP) is 4.35. The monoisotopic (exact) mass is 404 g/mol. The maximum absolute atomic E-state index is 13.5. The summed E-state index contributed by atoms with van der Waals surface area (Å²) in [4.78, 5) is 18.0. The summed E-state index contributed by atoms with van der Waals surface area (Å²) in [6.07, 6.45) is 12.8. The molecule has 5 nitrogen and oxygen atoms in total. The molecule has 0 aromatic carbocycles. The number of carbonyl (C=O) groups is 1. The van der Waals surface area contributed by atoms with Crippen LogP contribution in [0.4, 0.5) is 0 Å². The summed E-state index contributed by atoms with van der Waals surface area (Å²) in [7, 11) is 3.48. The highest BCUT2D eigenvalue weighted by Gasteiger charge is 2.52. The minimum absolute atomic E-state index is 0.213. The Balaban J connectivity index is 1.78. The van der Waals surface area contributed by atoms with Gasteiger partial charge in [-0.25, -0.2) is 0 Å². The van der Waals surface area contributed by atoms with Crippen molar-refractivity contribution in [3.05, 3.63) is 23.7 Å². The van der Waals surface area contributed by atoms with E-state index in [1.54, 1.807) is 14.2 Å². The molecule has 3 rings (SSSR count). The minimum Gasteiger partial charge on any atom is -0.500 e. The van der Waals surface area contributed by atoms with Crippen molar-refractivity contribution in [3.8, 4) is 0 Å². The van der Waals surface area contributed by atoms with Gasteiger partial charge in [0.1, 0.15) is 11.5 Å². The van der Waals surface area contributed by atoms with E-state index in [9.17, 15) is 4.79 Å². The van der Waals surface area contributed by atoms with Gasteiger partial charge in [-0.1, -0.05) is 26.7 Å². The average molecular weight is 405 g/mol. The number of hydrogen-bond acceptors (Lipinski definition) is 4. The number of amides is 1. The summed E-state index contributed by atoms with van der Waals surface area (Å²) in [5.74, 6) is 2.06. The van der Waals surface area contributed by atoms with E-state index in [0.29, 0.717) is 0 Å². The Morgan fingerprint density at radius 3 is 2.03 bits per heavy atom. The molecular weight excluding hydrogens is 364 g/mol. The number of nitrogens with zero attached hydrogens (tertiary/aromatic N) is 2. The smallest absolute Gasteiger partial charge is 0.236 e. The SMILES string of the molecule is CCCC1(CCC)C(OC)=CC2(C=C1OC)CCN(CCCN1CCCC1)C2=O. The van der Waals surface area contributed by atoms with Gasteiger partial charge in [0, 0.05) is 13.1 Å². The van der Waals surface area contributed by atoms with Crippen LogP contribution in [0.15, 0.2) is 23.7 Å². The van der Waals surface area contributed by atoms with Gasteiger partial charge < -0.3 is 19.3 Å². The van der Waals surface area contributed by atoms with Crippen LogP contribution < -0.4 is 0 Å². The third kappa shape index (κ3) is 4.21. The first-order chi connectivity index (χ1) is 14.0. The number of carbonyl (C=O) groups excluding carboxylic acids is 1. The Kier molecular flexibility index (Phi) is 7.31. The molecule has 29 heavy (non-hydrogen) atoms. The van der Waals surface area contributed by atoms with Gasteiger partial charge >= 0.3 is 0 Å². The van der Waals surface area contributed by atoms with Crippen LogP contribution in [-0.2, 0) is 14.3 Å². The molecule has 3 aliphatic rings. The lowest BCUT2D eigenvalue weighted by atomic mass is 9.67. The van der Waals surface area contributed by atoms with Gasteiger partial charge in [0.15, 0.2) is 0 Å². The fourth-order valence-corrected chi connectivity index (χ4v) is 5.68. The summed E-state index contributed by atoms with van der Waals surface area (Å²) in [5.41, 5.74) is -0.836. The second-order valence-electron chi connectivity index (χ2n) is 8.99. The Labute approximate surface area is 177 Å². The molecule has 1 spiro atoms. The zero-order valence-electron chi connectivity index (χ0n) is 19.0. The minimum atomic E-state index is -0.602. The van der Waals surface area contributed by atoms with E-state index in [0.717, 1.165) is 69.7 Å². The van der Waals surface area contributed by atoms with E-state index in [1.807, 2.05) is 0 Å². The molecule has 2 heterocycles. The number of methoxy groups -OCH3 is 2. The van der Waals surface area contributed by atoms with Crippen molar-refractivity contribution in [3.63, 3.8) is 0 Å². The molecule has 0 saturated carbocycles. The molecule has 0 atom stereocenters. The average Bonchev–Trinajstić information content (AvgIpc) is 3.34. The Bertz CT molecular complexity index is 604. The van der Waals surface area contributed by atoms with E-state index < -0.39 is 5.41 Å². The largest absolute Gasteiger partial charge is 0.500 e. The Morgan fingerprint density at radius 1 is 0.931 bits per heavy atom. The van der Waals surface area contributed by atoms with Crippen molar-refractivity contribution in [2.75, 3.05) is 46.9 Å². The molecule has 1 amide bonds. The van der Waals surface area contributed by atoms with Crippen molar-refractivity contribution in [1.29, 1.82) is 0 Å². The maximum atomic E-state index is 13.5. The van der Waals surface area contributed by atoms with Crippen LogP contribution in [0.5, 0.6) is 0 Å². The molecule has 164 valence electrons. The number of hydrogen-bond donors (Lipinski definition) is 0. The van der Waals surface area contributed by atoms with Gasteiger partial charge in [-0.3, -0.25) is 4.79 Å². The molecule has 0 radical (unpaired) electrons. The number of likely N-dealkylation sites (tertiary alicyclic amines) is 2. The summed E-state index contributed by atoms with van der Waals surface area (Å²) >= 11 is 0. The third-order valence-corrected chi connectivity index (χ3v) is 7.10. The lowest BCUT2D eigenvalue weighted by Crippen LogP contribution is -2.40. The van der Waals surface area contributed by atoms with E-state index in [1.165, 1.54) is 25.9 Å². The quantitative estimate of drug-likeness (QED) is 0.543. The van der Waals surface area contributed by atoms with E-state index in [-0.39, 0.29) is 11.3 Å². The van der Waals surface area contributed by atoms with Crippen LogP contribution in [0.2, 0.25) is 0 Å². The lowest BCUT2D eigenvalue weighted by Gasteiger charge is -2.41. The molecule has 0 unspecified atom stereocenters. The van der Waals surface area contributed by atoms with Crippen LogP contribution in [0.25, 0.3) is 0 Å². The first-order valence-corrected chi connectivity index (χ1v) is 11.6. The fourth-order valence-electron chi connectivity index (χ4n) is 5.68. The standard InChI is InChI=1S/C24H40N2O3/c1-5-10-24(11-6-2)20(28-3)18-23(19-21(24)29-4)12-17-26(22(23)27)16-9-15-25-13-7-8-14-25/h18-19H,5-17H2,1-4H3. The first-order valence-electron chi connectivity index (χ1n) is 11.6. The van der Waals surface area contributed by atoms with Gasteiger partial charge in [-0.05, 0) is 70.3 Å². The number of ether oxygens (including phenoxy) is 2. The van der Waals surface area contributed by atoms with Crippen molar-refractivity contribution in [2.45, 2.75) is 65.2 Å². The van der Waals surface area contributed by atoms with Gasteiger partial charge in [-0.2, -0.15) is 0 Å². The second kappa shape index (κ2) is 9.55. The van der Waals surface area contributed by atoms with Crippen molar-refractivity contribution >= 4 is 5.91 Å². The molecule has 2 saturated heterocycles. The summed E-state index contributed by atoms with van der Waals surface area (Å²) in [6.45, 7) is 9.60. The summed E-state index contributed by atoms with van der Waals surface area (Å²) < 4.78 is 11.9. The molecular formula is C24H40N2O3. The normalized spacial score (nSPS) is 23.4. The lowest BCUT2D eigenvalue weighted by molar-refractivity contribution is -0.132. The Morgan fingerprint density at radius 2 is 1.52 bits per heavy atom. The molecule has 0 aromatic heterocycles. The van der Waals surface area contributed by atoms with E-state index in [2.05, 4.69) is 35.8 Å². The predicted molar refractivity (Wildman–Crippen MR) is 116 cm³/mol. The van der Waals surface area contributed by atoms with Crippen LogP contribution in [0.1, 0.15) is 65.2 Å². The first kappa shape index (κ1) is 22.2. The van der Waals surface area contributed by atoms with Gasteiger partial charge in [0.25, 0.3) is 0 Å². The number of rotatable bonds is 10. The molecule has 2 fully saturated rings. The zero-order valence-corrected chi connectivity index (χ0v) is 19.0. The van der Waals surface area contributed by atoms with Crippen molar-refractivity contribution in [1.82, 2.24) is 9.80 Å². The summed E-state index contributed by atoms with van der Waals surface area (Å²) in [5, 5.41) is 0. The van der Waals surface area contributed by atoms with Gasteiger partial charge in [0.05, 0.1) is 25.0 Å². The van der Waals surface area contributed by atoms with Gasteiger partial charge in [0.2, 0.25) is 5.91 Å². The molecule has 0 aromatic rings. The summed E-state index contributed by atoms with van der Waals surface area (Å²) in [6, 6.07) is 0. The van der Waals surface area contributed by atoms with Crippen LogP contribution in [0.3, 0.4) is 0 Å². The second-order valence-corrected chi connectivity index (χ2v) is 8.99. The van der Waals surface area contributed by atoms with Crippen molar-refractivity contribution in [2.24, 2.45) is 10.8 Å². The highest BCUT2D eigenvalue weighted by molar-refractivity contribution is 5.89. The third-order valence-electron chi connectivity index (χ3n) is 7.10. The van der Waals surface area contributed by atoms with Crippen LogP contribution in [-0.4, -0.2) is 62.7 Å². The van der Waals surface area contributed by atoms with E-state index in [4.69, 9.17) is 9.47 Å². The van der Waals surface area contributed by atoms with E-state index >= 15 is 0 Å².